The number of hydrogen-bond acceptors (Lipinski definition) is 10. The van der Waals surface area contributed by atoms with Crippen LogP contribution >= 0.6 is 39.0 Å². The van der Waals surface area contributed by atoms with Crippen LogP contribution in [0.25, 0.3) is 0 Å². The van der Waals surface area contributed by atoms with Crippen LogP contribution in [-0.4, -0.2) is 65.0 Å². The Morgan fingerprint density at radius 2 is 1.87 bits per heavy atom. The summed E-state index contributed by atoms with van der Waals surface area (Å²) in [6.07, 6.45) is 7.22. The standard InChI is InChI=1S/C34H35BrN6O3S2/c1-25-18-37-33(46-21-26-5-3-2-4-6-26)38-32(25)41-15-13-40(14-16-41)28-7-9-29(10-8-28)42-19-30-20-43-34(44-30,23-39-12-11-36-24-39)31-17-27(35)22-45-31/h2-12,17-18,22,24,30H,13-16,19-21,23H2,1H3/t30-,34-/m1/s1. The van der Waals surface area contributed by atoms with Gasteiger partial charge in [0.15, 0.2) is 5.16 Å². The molecule has 3 aromatic heterocycles. The van der Waals surface area contributed by atoms with E-state index in [0.717, 1.165) is 63.6 Å². The highest BCUT2D eigenvalue weighted by atomic mass is 79.9. The number of ether oxygens (including phenoxy) is 3. The number of thioether (sulfide) groups is 1. The molecule has 0 saturated carbocycles. The summed E-state index contributed by atoms with van der Waals surface area (Å²) in [5.41, 5.74) is 3.57. The second-order valence-corrected chi connectivity index (χ2v) is 14.1. The number of halogens is 1. The van der Waals surface area contributed by atoms with E-state index in [1.54, 1.807) is 35.6 Å². The van der Waals surface area contributed by atoms with E-state index in [1.807, 2.05) is 40.5 Å². The van der Waals surface area contributed by atoms with Crippen LogP contribution in [0.2, 0.25) is 0 Å². The lowest BCUT2D eigenvalue weighted by molar-refractivity contribution is -0.186. The van der Waals surface area contributed by atoms with Crippen molar-refractivity contribution in [2.75, 3.05) is 49.2 Å². The zero-order valence-electron chi connectivity index (χ0n) is 25.5. The topological polar surface area (TPSA) is 77.8 Å². The summed E-state index contributed by atoms with van der Waals surface area (Å²) in [6.45, 7) is 7.10. The zero-order chi connectivity index (χ0) is 31.3. The first-order chi connectivity index (χ1) is 22.5. The van der Waals surface area contributed by atoms with Crippen molar-refractivity contribution in [3.05, 3.63) is 111 Å². The molecule has 0 radical (unpaired) electrons. The van der Waals surface area contributed by atoms with Gasteiger partial charge < -0.3 is 28.6 Å². The Balaban J connectivity index is 0.915. The maximum absolute atomic E-state index is 6.53. The van der Waals surface area contributed by atoms with Crippen LogP contribution in [-0.2, 0) is 27.6 Å². The third-order valence-electron chi connectivity index (χ3n) is 8.10. The number of nitrogens with zero attached hydrogens (tertiary/aromatic N) is 6. The largest absolute Gasteiger partial charge is 0.491 e. The zero-order valence-corrected chi connectivity index (χ0v) is 28.7. The van der Waals surface area contributed by atoms with Gasteiger partial charge in [0.2, 0.25) is 5.79 Å². The molecule has 2 saturated heterocycles. The summed E-state index contributed by atoms with van der Waals surface area (Å²) >= 11 is 6.86. The summed E-state index contributed by atoms with van der Waals surface area (Å²) in [6, 6.07) is 20.9. The Morgan fingerprint density at radius 1 is 1.07 bits per heavy atom. The van der Waals surface area contributed by atoms with Crippen molar-refractivity contribution in [1.82, 2.24) is 19.5 Å². The number of benzene rings is 2. The average Bonchev–Trinajstić information content (AvgIpc) is 3.87. The molecular weight excluding hydrogens is 684 g/mol. The van der Waals surface area contributed by atoms with Crippen molar-refractivity contribution in [3.63, 3.8) is 0 Å². The molecule has 0 bridgehead atoms. The lowest BCUT2D eigenvalue weighted by Gasteiger charge is -2.37. The van der Waals surface area contributed by atoms with E-state index in [4.69, 9.17) is 19.2 Å². The van der Waals surface area contributed by atoms with Gasteiger partial charge in [-0.1, -0.05) is 42.1 Å². The monoisotopic (exact) mass is 718 g/mol. The van der Waals surface area contributed by atoms with E-state index in [1.165, 1.54) is 11.3 Å². The average molecular weight is 720 g/mol. The van der Waals surface area contributed by atoms with Crippen molar-refractivity contribution >= 4 is 50.5 Å². The molecule has 2 aliphatic heterocycles. The van der Waals surface area contributed by atoms with Gasteiger partial charge in [-0.05, 0) is 58.7 Å². The number of imidazole rings is 1. The lowest BCUT2D eigenvalue weighted by Crippen LogP contribution is -2.47. The Bertz CT molecular complexity index is 1710. The van der Waals surface area contributed by atoms with Crippen LogP contribution in [0, 0.1) is 6.92 Å². The van der Waals surface area contributed by atoms with E-state index in [0.29, 0.717) is 19.8 Å². The first-order valence-electron chi connectivity index (χ1n) is 15.3. The highest BCUT2D eigenvalue weighted by Gasteiger charge is 2.45. The fraction of sp³-hybridized carbons (Fsp3) is 0.324. The maximum Gasteiger partial charge on any atom is 0.223 e. The number of hydrogen-bond donors (Lipinski definition) is 0. The van der Waals surface area contributed by atoms with Crippen molar-refractivity contribution in [2.45, 2.75) is 36.3 Å². The van der Waals surface area contributed by atoms with Crippen molar-refractivity contribution < 1.29 is 14.2 Å². The van der Waals surface area contributed by atoms with Gasteiger partial charge in [-0.2, -0.15) is 0 Å². The molecule has 12 heteroatoms. The molecule has 7 rings (SSSR count). The van der Waals surface area contributed by atoms with Crippen LogP contribution < -0.4 is 14.5 Å². The van der Waals surface area contributed by atoms with E-state index in [9.17, 15) is 0 Å². The number of aromatic nitrogens is 4. The maximum atomic E-state index is 6.53. The second-order valence-electron chi connectivity index (χ2n) is 11.4. The van der Waals surface area contributed by atoms with Gasteiger partial charge in [-0.15, -0.1) is 11.3 Å². The van der Waals surface area contributed by atoms with Gasteiger partial charge in [-0.25, -0.2) is 15.0 Å². The number of rotatable bonds is 11. The Labute approximate surface area is 285 Å². The molecule has 0 aliphatic carbocycles. The van der Waals surface area contributed by atoms with E-state index in [-0.39, 0.29) is 6.10 Å². The van der Waals surface area contributed by atoms with Crippen molar-refractivity contribution in [2.24, 2.45) is 0 Å². The summed E-state index contributed by atoms with van der Waals surface area (Å²) in [5.74, 6) is 1.84. The summed E-state index contributed by atoms with van der Waals surface area (Å²) in [4.78, 5) is 19.5. The number of aryl methyl sites for hydroxylation is 1. The van der Waals surface area contributed by atoms with Gasteiger partial charge >= 0.3 is 0 Å². The smallest absolute Gasteiger partial charge is 0.223 e. The van der Waals surface area contributed by atoms with Crippen LogP contribution in [0.1, 0.15) is 16.0 Å². The Kier molecular flexibility index (Phi) is 9.59. The Hall–Kier alpha value is -3.42. The quantitative estimate of drug-likeness (QED) is 0.109. The third kappa shape index (κ3) is 7.26. The number of thiophene rings is 1. The molecule has 0 amide bonds. The Morgan fingerprint density at radius 3 is 2.61 bits per heavy atom. The summed E-state index contributed by atoms with van der Waals surface area (Å²) < 4.78 is 22.0. The minimum atomic E-state index is -0.871. The van der Waals surface area contributed by atoms with Gasteiger partial charge in [0.25, 0.3) is 0 Å². The molecule has 5 aromatic rings. The molecule has 2 atom stereocenters. The van der Waals surface area contributed by atoms with Gasteiger partial charge in [0.05, 0.1) is 24.4 Å². The molecule has 0 spiro atoms. The minimum absolute atomic E-state index is 0.195. The molecule has 2 aliphatic rings. The van der Waals surface area contributed by atoms with Crippen molar-refractivity contribution in [3.8, 4) is 5.75 Å². The van der Waals surface area contributed by atoms with E-state index in [2.05, 4.69) is 85.1 Å². The molecular formula is C34H35BrN6O3S2. The second kappa shape index (κ2) is 14.1. The fourth-order valence-corrected chi connectivity index (χ4v) is 8.00. The molecule has 0 unspecified atom stereocenters. The van der Waals surface area contributed by atoms with Crippen LogP contribution in [0.5, 0.6) is 5.75 Å². The normalized spacial score (nSPS) is 19.9. The van der Waals surface area contributed by atoms with Gasteiger partial charge in [-0.3, -0.25) is 0 Å². The highest BCUT2D eigenvalue weighted by Crippen LogP contribution is 2.40. The lowest BCUT2D eigenvalue weighted by atomic mass is 10.2. The third-order valence-corrected chi connectivity index (χ3v) is 10.9. The molecule has 2 aromatic carbocycles. The summed E-state index contributed by atoms with van der Waals surface area (Å²) in [7, 11) is 0. The molecule has 46 heavy (non-hydrogen) atoms. The highest BCUT2D eigenvalue weighted by molar-refractivity contribution is 9.10. The van der Waals surface area contributed by atoms with Gasteiger partial charge in [0, 0.05) is 71.6 Å². The fourth-order valence-electron chi connectivity index (χ4n) is 5.72. The van der Waals surface area contributed by atoms with Crippen LogP contribution in [0.3, 0.4) is 0 Å². The van der Waals surface area contributed by atoms with E-state index < -0.39 is 5.79 Å². The van der Waals surface area contributed by atoms with Crippen LogP contribution in [0.4, 0.5) is 11.5 Å². The predicted octanol–water partition coefficient (Wildman–Crippen LogP) is 6.77. The van der Waals surface area contributed by atoms with E-state index >= 15 is 0 Å². The van der Waals surface area contributed by atoms with Crippen molar-refractivity contribution in [1.29, 1.82) is 0 Å². The first kappa shape index (κ1) is 31.2. The molecule has 5 heterocycles. The first-order valence-corrected chi connectivity index (χ1v) is 17.9. The van der Waals surface area contributed by atoms with Gasteiger partial charge in [0.1, 0.15) is 24.3 Å². The van der Waals surface area contributed by atoms with Crippen LogP contribution in [0.15, 0.2) is 101 Å². The number of anilines is 2. The molecule has 238 valence electrons. The SMILES string of the molecule is Cc1cnc(SCc2ccccc2)nc1N1CCN(c2ccc(OC[C@@H]3CO[C@@](Cn4ccnc4)(c4cc(Br)cs4)O3)cc2)CC1. The molecule has 2 fully saturated rings. The number of piperazine rings is 1. The molecule has 9 nitrogen and oxygen atoms in total. The predicted molar refractivity (Wildman–Crippen MR) is 186 cm³/mol. The minimum Gasteiger partial charge on any atom is -0.491 e. The molecule has 0 N–H and O–H groups in total. The summed E-state index contributed by atoms with van der Waals surface area (Å²) in [5, 5.41) is 2.86.